The highest BCUT2D eigenvalue weighted by Crippen LogP contribution is 2.29. The second kappa shape index (κ2) is 9.71. The first-order valence-corrected chi connectivity index (χ1v) is 12.2. The lowest BCUT2D eigenvalue weighted by atomic mass is 10.1. The maximum absolute atomic E-state index is 12.8. The summed E-state index contributed by atoms with van der Waals surface area (Å²) >= 11 is 0.984. The zero-order valence-electron chi connectivity index (χ0n) is 18.5. The highest BCUT2D eigenvalue weighted by molar-refractivity contribution is 7.99. The molecule has 3 N–H and O–H groups in total. The van der Waals surface area contributed by atoms with Crippen LogP contribution in [0.25, 0.3) is 11.1 Å². The molecule has 0 saturated carbocycles. The summed E-state index contributed by atoms with van der Waals surface area (Å²) in [6.07, 6.45) is 0. The Morgan fingerprint density at radius 1 is 1.15 bits per heavy atom. The van der Waals surface area contributed by atoms with Crippen molar-refractivity contribution in [3.63, 3.8) is 0 Å². The SMILES string of the molecule is COc1ccccc1NS(=O)(=O)c1ccc2oc(SCC(=O)NC(=O)NC(C)(C)C)nc2c1. The summed E-state index contributed by atoms with van der Waals surface area (Å²) < 4.78 is 38.9. The van der Waals surface area contributed by atoms with E-state index in [1.54, 1.807) is 45.0 Å². The summed E-state index contributed by atoms with van der Waals surface area (Å²) in [5.41, 5.74) is 0.500. The molecule has 176 valence electrons. The Hall–Kier alpha value is -3.25. The summed E-state index contributed by atoms with van der Waals surface area (Å²) in [7, 11) is -2.46. The molecule has 1 aromatic heterocycles. The number of sulfonamides is 1. The first-order valence-electron chi connectivity index (χ1n) is 9.78. The molecule has 3 aromatic rings. The molecule has 0 spiro atoms. The zero-order chi connectivity index (χ0) is 24.2. The van der Waals surface area contributed by atoms with E-state index in [0.717, 1.165) is 11.8 Å². The van der Waals surface area contributed by atoms with Crippen LogP contribution in [-0.2, 0) is 14.8 Å². The van der Waals surface area contributed by atoms with Gasteiger partial charge in [0.25, 0.3) is 15.2 Å². The topological polar surface area (TPSA) is 140 Å². The molecule has 0 radical (unpaired) electrons. The summed E-state index contributed by atoms with van der Waals surface area (Å²) in [5.74, 6) is -0.240. The van der Waals surface area contributed by atoms with Gasteiger partial charge in [-0.3, -0.25) is 14.8 Å². The van der Waals surface area contributed by atoms with E-state index in [9.17, 15) is 18.0 Å². The Balaban J connectivity index is 1.69. The van der Waals surface area contributed by atoms with Gasteiger partial charge in [0.2, 0.25) is 5.91 Å². The number of ether oxygens (including phenoxy) is 1. The second-order valence-electron chi connectivity index (χ2n) is 7.96. The molecule has 0 saturated heterocycles. The van der Waals surface area contributed by atoms with Crippen molar-refractivity contribution in [2.45, 2.75) is 36.4 Å². The van der Waals surface area contributed by atoms with Crippen molar-refractivity contribution in [3.8, 4) is 5.75 Å². The number of benzene rings is 2. The highest BCUT2D eigenvalue weighted by Gasteiger charge is 2.20. The number of thioether (sulfide) groups is 1. The number of urea groups is 1. The van der Waals surface area contributed by atoms with Gasteiger partial charge in [-0.2, -0.15) is 0 Å². The van der Waals surface area contributed by atoms with Gasteiger partial charge in [-0.1, -0.05) is 23.9 Å². The molecule has 0 aliphatic carbocycles. The molecule has 0 unspecified atom stereocenters. The third-order valence-corrected chi connectivity index (χ3v) is 6.26. The number of imide groups is 1. The normalized spacial score (nSPS) is 11.8. The Morgan fingerprint density at radius 2 is 1.88 bits per heavy atom. The van der Waals surface area contributed by atoms with Crippen LogP contribution in [0.5, 0.6) is 5.75 Å². The van der Waals surface area contributed by atoms with Crippen LogP contribution >= 0.6 is 11.8 Å². The summed E-state index contributed by atoms with van der Waals surface area (Å²) in [6, 6.07) is 10.3. The molecule has 33 heavy (non-hydrogen) atoms. The van der Waals surface area contributed by atoms with Crippen molar-refractivity contribution in [3.05, 3.63) is 42.5 Å². The van der Waals surface area contributed by atoms with Crippen molar-refractivity contribution in [1.82, 2.24) is 15.6 Å². The third kappa shape index (κ3) is 6.62. The molecule has 0 aliphatic heterocycles. The maximum atomic E-state index is 12.8. The van der Waals surface area contributed by atoms with Crippen LogP contribution < -0.4 is 20.1 Å². The van der Waals surface area contributed by atoms with E-state index < -0.39 is 27.5 Å². The van der Waals surface area contributed by atoms with Gasteiger partial charge in [0.15, 0.2) is 5.58 Å². The molecule has 0 bridgehead atoms. The maximum Gasteiger partial charge on any atom is 0.321 e. The summed E-state index contributed by atoms with van der Waals surface area (Å²) in [6.45, 7) is 5.39. The van der Waals surface area contributed by atoms with Gasteiger partial charge in [0.05, 0.1) is 23.4 Å². The average Bonchev–Trinajstić information content (AvgIpc) is 3.13. The number of para-hydroxylation sites is 2. The van der Waals surface area contributed by atoms with Gasteiger partial charge >= 0.3 is 6.03 Å². The largest absolute Gasteiger partial charge is 0.495 e. The number of anilines is 1. The number of rotatable bonds is 7. The fraction of sp³-hybridized carbons (Fsp3) is 0.286. The van der Waals surface area contributed by atoms with Crippen LogP contribution in [-0.4, -0.2) is 43.7 Å². The molecule has 10 nitrogen and oxygen atoms in total. The molecule has 3 amide bonds. The van der Waals surface area contributed by atoms with Crippen LogP contribution in [0.15, 0.2) is 57.0 Å². The third-order valence-electron chi connectivity index (χ3n) is 4.07. The standard InChI is InChI=1S/C21H24N4O6S2/c1-21(2,3)24-19(27)23-18(26)12-32-20-22-15-11-13(9-10-17(15)31-20)33(28,29)25-14-7-5-6-8-16(14)30-4/h5-11,25H,12H2,1-4H3,(H2,23,24,26,27). The molecule has 3 rings (SSSR count). The van der Waals surface area contributed by atoms with E-state index in [-0.39, 0.29) is 15.9 Å². The number of hydrogen-bond acceptors (Lipinski definition) is 8. The van der Waals surface area contributed by atoms with E-state index in [2.05, 4.69) is 20.3 Å². The van der Waals surface area contributed by atoms with Crippen LogP contribution in [0.2, 0.25) is 0 Å². The van der Waals surface area contributed by atoms with Crippen LogP contribution in [0.4, 0.5) is 10.5 Å². The Labute approximate surface area is 195 Å². The Morgan fingerprint density at radius 3 is 2.58 bits per heavy atom. The van der Waals surface area contributed by atoms with Crippen molar-refractivity contribution in [2.24, 2.45) is 0 Å². The molecule has 1 heterocycles. The minimum absolute atomic E-state index is 0.0117. The number of carbonyl (C=O) groups is 2. The van der Waals surface area contributed by atoms with Crippen LogP contribution in [0.1, 0.15) is 20.8 Å². The number of oxazole rings is 1. The van der Waals surface area contributed by atoms with Crippen molar-refractivity contribution in [2.75, 3.05) is 17.6 Å². The minimum Gasteiger partial charge on any atom is -0.495 e. The fourth-order valence-corrected chi connectivity index (χ4v) is 4.44. The molecule has 2 aromatic carbocycles. The molecule has 0 aliphatic rings. The Kier molecular flexibility index (Phi) is 7.18. The number of fused-ring (bicyclic) bond motifs is 1. The molecule has 12 heteroatoms. The summed E-state index contributed by atoms with van der Waals surface area (Å²) in [4.78, 5) is 28.0. The zero-order valence-corrected chi connectivity index (χ0v) is 20.1. The number of hydrogen-bond donors (Lipinski definition) is 3. The Bertz CT molecular complexity index is 1280. The lowest BCUT2D eigenvalue weighted by Gasteiger charge is -2.20. The first kappa shape index (κ1) is 24.4. The molecular weight excluding hydrogens is 468 g/mol. The van der Waals surface area contributed by atoms with E-state index in [1.165, 1.54) is 25.3 Å². The monoisotopic (exact) mass is 492 g/mol. The number of methoxy groups -OCH3 is 1. The van der Waals surface area contributed by atoms with Crippen molar-refractivity contribution in [1.29, 1.82) is 0 Å². The fourth-order valence-electron chi connectivity index (χ4n) is 2.71. The number of aromatic nitrogens is 1. The smallest absolute Gasteiger partial charge is 0.321 e. The predicted octanol–water partition coefficient (Wildman–Crippen LogP) is 3.35. The van der Waals surface area contributed by atoms with Crippen molar-refractivity contribution < 1.29 is 27.2 Å². The highest BCUT2D eigenvalue weighted by atomic mass is 32.2. The van der Waals surface area contributed by atoms with Crippen molar-refractivity contribution >= 4 is 50.5 Å². The van der Waals surface area contributed by atoms with Gasteiger partial charge in [-0.15, -0.1) is 0 Å². The number of amides is 3. The number of nitrogens with one attached hydrogen (secondary N) is 3. The van der Waals surface area contributed by atoms with E-state index in [0.29, 0.717) is 22.5 Å². The minimum atomic E-state index is -3.91. The quantitative estimate of drug-likeness (QED) is 0.427. The first-order chi connectivity index (χ1) is 15.5. The second-order valence-corrected chi connectivity index (χ2v) is 10.6. The van der Waals surface area contributed by atoms with Gasteiger partial charge < -0.3 is 14.5 Å². The van der Waals surface area contributed by atoms with Gasteiger partial charge in [0, 0.05) is 5.54 Å². The predicted molar refractivity (Wildman–Crippen MR) is 125 cm³/mol. The molecular formula is C21H24N4O6S2. The number of carbonyl (C=O) groups excluding carboxylic acids is 2. The average molecular weight is 493 g/mol. The lowest BCUT2D eigenvalue weighted by molar-refractivity contribution is -0.117. The molecule has 0 atom stereocenters. The van der Waals surface area contributed by atoms with E-state index >= 15 is 0 Å². The van der Waals surface area contributed by atoms with E-state index in [4.69, 9.17) is 9.15 Å². The van der Waals surface area contributed by atoms with Crippen LogP contribution in [0, 0.1) is 0 Å². The summed E-state index contributed by atoms with van der Waals surface area (Å²) in [5, 5.41) is 5.02. The van der Waals surface area contributed by atoms with Gasteiger partial charge in [0.1, 0.15) is 11.3 Å². The van der Waals surface area contributed by atoms with E-state index in [1.807, 2.05) is 0 Å². The number of nitrogens with zero attached hydrogens (tertiary/aromatic N) is 1. The van der Waals surface area contributed by atoms with Gasteiger partial charge in [-0.25, -0.2) is 18.2 Å². The van der Waals surface area contributed by atoms with Crippen LogP contribution in [0.3, 0.4) is 0 Å². The molecule has 0 fully saturated rings. The lowest BCUT2D eigenvalue weighted by Crippen LogP contribution is -2.48. The van der Waals surface area contributed by atoms with Gasteiger partial charge in [-0.05, 0) is 51.1 Å².